The maximum absolute atomic E-state index is 5.79. The lowest BCUT2D eigenvalue weighted by Crippen LogP contribution is -2.37. The lowest BCUT2D eigenvalue weighted by atomic mass is 10.1. The molecule has 1 heterocycles. The highest BCUT2D eigenvalue weighted by molar-refractivity contribution is 5.19. The van der Waals surface area contributed by atoms with Crippen LogP contribution in [0.15, 0.2) is 18.3 Å². The van der Waals surface area contributed by atoms with Crippen LogP contribution >= 0.6 is 0 Å². The normalized spacial score (nSPS) is 11.8. The number of aromatic nitrogens is 1. The molecule has 3 nitrogen and oxygen atoms in total. The minimum Gasteiger partial charge on any atom is -0.325 e. The zero-order valence-electron chi connectivity index (χ0n) is 12.9. The first-order chi connectivity index (χ1) is 9.12. The fraction of sp³-hybridized carbons (Fsp3) is 0.688. The molecule has 0 saturated heterocycles. The fourth-order valence-corrected chi connectivity index (χ4v) is 2.63. The Hall–Kier alpha value is -0.930. The summed E-state index contributed by atoms with van der Waals surface area (Å²) in [6.07, 6.45) is 4.22. The zero-order chi connectivity index (χ0) is 14.3. The molecular formula is C16H29N3. The topological polar surface area (TPSA) is 42.2 Å². The van der Waals surface area contributed by atoms with Crippen molar-refractivity contribution in [3.05, 3.63) is 29.6 Å². The van der Waals surface area contributed by atoms with E-state index in [2.05, 4.69) is 43.6 Å². The van der Waals surface area contributed by atoms with Gasteiger partial charge in [-0.1, -0.05) is 33.8 Å². The Morgan fingerprint density at radius 2 is 1.95 bits per heavy atom. The maximum atomic E-state index is 5.79. The van der Waals surface area contributed by atoms with E-state index in [-0.39, 0.29) is 0 Å². The monoisotopic (exact) mass is 263 g/mol. The first kappa shape index (κ1) is 16.1. The number of pyridine rings is 1. The van der Waals surface area contributed by atoms with Gasteiger partial charge in [-0.3, -0.25) is 9.88 Å². The summed E-state index contributed by atoms with van der Waals surface area (Å²) < 4.78 is 0. The minimum absolute atomic E-state index is 0.522. The molecule has 0 aliphatic heterocycles. The number of hydrogen-bond acceptors (Lipinski definition) is 3. The highest BCUT2D eigenvalue weighted by Crippen LogP contribution is 2.17. The number of rotatable bonds is 8. The van der Waals surface area contributed by atoms with E-state index in [4.69, 9.17) is 5.73 Å². The van der Waals surface area contributed by atoms with Gasteiger partial charge in [0, 0.05) is 31.9 Å². The van der Waals surface area contributed by atoms with Crippen LogP contribution in [-0.4, -0.2) is 22.5 Å². The van der Waals surface area contributed by atoms with Gasteiger partial charge < -0.3 is 5.73 Å². The molecule has 0 amide bonds. The molecule has 0 unspecified atom stereocenters. The van der Waals surface area contributed by atoms with Gasteiger partial charge in [-0.25, -0.2) is 0 Å². The molecular weight excluding hydrogens is 234 g/mol. The molecule has 1 rings (SSSR count). The van der Waals surface area contributed by atoms with Gasteiger partial charge in [0.1, 0.15) is 0 Å². The maximum Gasteiger partial charge on any atom is 0.0584 e. The minimum atomic E-state index is 0.522. The summed E-state index contributed by atoms with van der Waals surface area (Å²) in [5.41, 5.74) is 8.09. The SMILES string of the molecule is CCC(CC)N(Cc1cccnc1CN)CC(C)C. The van der Waals surface area contributed by atoms with Crippen molar-refractivity contribution < 1.29 is 0 Å². The Morgan fingerprint density at radius 1 is 1.26 bits per heavy atom. The van der Waals surface area contributed by atoms with E-state index in [1.165, 1.54) is 18.4 Å². The first-order valence-electron chi connectivity index (χ1n) is 7.49. The Labute approximate surface area is 118 Å². The van der Waals surface area contributed by atoms with E-state index in [1.807, 2.05) is 12.3 Å². The quantitative estimate of drug-likeness (QED) is 0.783. The summed E-state index contributed by atoms with van der Waals surface area (Å²) in [6.45, 7) is 11.7. The van der Waals surface area contributed by atoms with Gasteiger partial charge >= 0.3 is 0 Å². The summed E-state index contributed by atoms with van der Waals surface area (Å²) in [5, 5.41) is 0. The molecule has 0 fully saturated rings. The van der Waals surface area contributed by atoms with Crippen LogP contribution in [0.5, 0.6) is 0 Å². The smallest absolute Gasteiger partial charge is 0.0584 e. The largest absolute Gasteiger partial charge is 0.325 e. The molecule has 0 atom stereocenters. The van der Waals surface area contributed by atoms with Crippen molar-refractivity contribution in [2.45, 2.75) is 59.7 Å². The molecule has 0 aliphatic rings. The van der Waals surface area contributed by atoms with Crippen molar-refractivity contribution in [2.75, 3.05) is 6.54 Å². The van der Waals surface area contributed by atoms with Crippen LogP contribution in [0.25, 0.3) is 0 Å². The third-order valence-corrected chi connectivity index (χ3v) is 3.61. The van der Waals surface area contributed by atoms with Crippen LogP contribution in [0.4, 0.5) is 0 Å². The Bertz CT molecular complexity index is 359. The van der Waals surface area contributed by atoms with E-state index >= 15 is 0 Å². The Morgan fingerprint density at radius 3 is 2.47 bits per heavy atom. The molecule has 108 valence electrons. The van der Waals surface area contributed by atoms with Crippen molar-refractivity contribution in [1.29, 1.82) is 0 Å². The van der Waals surface area contributed by atoms with Crippen molar-refractivity contribution in [1.82, 2.24) is 9.88 Å². The van der Waals surface area contributed by atoms with Crippen LogP contribution in [-0.2, 0) is 13.1 Å². The molecule has 0 radical (unpaired) electrons. The van der Waals surface area contributed by atoms with Gasteiger partial charge in [-0.05, 0) is 30.4 Å². The second-order valence-corrected chi connectivity index (χ2v) is 5.61. The molecule has 1 aromatic heterocycles. The first-order valence-corrected chi connectivity index (χ1v) is 7.49. The van der Waals surface area contributed by atoms with Crippen LogP contribution in [0.1, 0.15) is 51.8 Å². The van der Waals surface area contributed by atoms with Crippen molar-refractivity contribution in [2.24, 2.45) is 11.7 Å². The molecule has 0 aromatic carbocycles. The number of nitrogens with zero attached hydrogens (tertiary/aromatic N) is 2. The molecule has 19 heavy (non-hydrogen) atoms. The average molecular weight is 263 g/mol. The van der Waals surface area contributed by atoms with Crippen LogP contribution < -0.4 is 5.73 Å². The van der Waals surface area contributed by atoms with Gasteiger partial charge in [0.05, 0.1) is 5.69 Å². The van der Waals surface area contributed by atoms with E-state index in [0.717, 1.165) is 18.8 Å². The van der Waals surface area contributed by atoms with E-state index < -0.39 is 0 Å². The highest BCUT2D eigenvalue weighted by atomic mass is 15.2. The Kier molecular flexibility index (Phi) is 7.03. The summed E-state index contributed by atoms with van der Waals surface area (Å²) >= 11 is 0. The van der Waals surface area contributed by atoms with Gasteiger partial charge in [0.15, 0.2) is 0 Å². The summed E-state index contributed by atoms with van der Waals surface area (Å²) in [5.74, 6) is 0.679. The molecule has 3 heteroatoms. The number of nitrogens with two attached hydrogens (primary N) is 1. The third-order valence-electron chi connectivity index (χ3n) is 3.61. The van der Waals surface area contributed by atoms with Gasteiger partial charge in [0.25, 0.3) is 0 Å². The van der Waals surface area contributed by atoms with Crippen molar-refractivity contribution in [3.8, 4) is 0 Å². The van der Waals surface area contributed by atoms with Crippen LogP contribution in [0.3, 0.4) is 0 Å². The lowest BCUT2D eigenvalue weighted by molar-refractivity contribution is 0.157. The van der Waals surface area contributed by atoms with E-state index in [0.29, 0.717) is 18.5 Å². The highest BCUT2D eigenvalue weighted by Gasteiger charge is 2.17. The predicted molar refractivity (Wildman–Crippen MR) is 81.7 cm³/mol. The summed E-state index contributed by atoms with van der Waals surface area (Å²) in [7, 11) is 0. The molecule has 1 aromatic rings. The van der Waals surface area contributed by atoms with Gasteiger partial charge in [0.2, 0.25) is 0 Å². The third kappa shape index (κ3) is 4.92. The molecule has 0 spiro atoms. The fourth-order valence-electron chi connectivity index (χ4n) is 2.63. The molecule has 0 bridgehead atoms. The van der Waals surface area contributed by atoms with Gasteiger partial charge in [-0.15, -0.1) is 0 Å². The van der Waals surface area contributed by atoms with E-state index in [9.17, 15) is 0 Å². The molecule has 2 N–H and O–H groups in total. The predicted octanol–water partition coefficient (Wildman–Crippen LogP) is 3.19. The lowest BCUT2D eigenvalue weighted by Gasteiger charge is -2.32. The second-order valence-electron chi connectivity index (χ2n) is 5.61. The Balaban J connectivity index is 2.86. The van der Waals surface area contributed by atoms with Crippen molar-refractivity contribution >= 4 is 0 Å². The molecule has 0 aliphatic carbocycles. The second kappa shape index (κ2) is 8.28. The van der Waals surface area contributed by atoms with Crippen molar-refractivity contribution in [3.63, 3.8) is 0 Å². The summed E-state index contributed by atoms with van der Waals surface area (Å²) in [6, 6.07) is 4.81. The zero-order valence-corrected chi connectivity index (χ0v) is 12.9. The average Bonchev–Trinajstić information content (AvgIpc) is 2.40. The van der Waals surface area contributed by atoms with Crippen LogP contribution in [0, 0.1) is 5.92 Å². The number of hydrogen-bond donors (Lipinski definition) is 1. The van der Waals surface area contributed by atoms with E-state index in [1.54, 1.807) is 0 Å². The standard InChI is InChI=1S/C16H29N3/c1-5-15(6-2)19(11-13(3)4)12-14-8-7-9-18-16(14)10-17/h7-9,13,15H,5-6,10-12,17H2,1-4H3. The van der Waals surface area contributed by atoms with Gasteiger partial charge in [-0.2, -0.15) is 0 Å². The van der Waals surface area contributed by atoms with Crippen LogP contribution in [0.2, 0.25) is 0 Å². The summed E-state index contributed by atoms with van der Waals surface area (Å²) in [4.78, 5) is 6.97. The molecule has 0 saturated carbocycles.